The lowest BCUT2D eigenvalue weighted by molar-refractivity contribution is -0.133. The molecule has 0 saturated heterocycles. The largest absolute Gasteiger partial charge is 0.399 e. The van der Waals surface area contributed by atoms with Crippen molar-refractivity contribution in [3.63, 3.8) is 0 Å². The van der Waals surface area contributed by atoms with Crippen molar-refractivity contribution in [1.29, 1.82) is 0 Å². The standard InChI is InChI=1S/C17H24N2O/c18-16-7-6-14-8-9-19(12-15(14)11-16)17(20)10-13-4-2-1-3-5-13/h6-7,11,13H,1-5,8-10,12,18H2. The monoisotopic (exact) mass is 272 g/mol. The second-order valence-corrected chi connectivity index (χ2v) is 6.30. The van der Waals surface area contributed by atoms with Gasteiger partial charge in [0.1, 0.15) is 0 Å². The van der Waals surface area contributed by atoms with Crippen LogP contribution in [0.2, 0.25) is 0 Å². The molecule has 0 atom stereocenters. The van der Waals surface area contributed by atoms with Crippen molar-refractivity contribution in [3.05, 3.63) is 29.3 Å². The van der Waals surface area contributed by atoms with Gasteiger partial charge in [0, 0.05) is 25.2 Å². The van der Waals surface area contributed by atoms with E-state index in [0.717, 1.165) is 31.6 Å². The Kier molecular flexibility index (Phi) is 3.95. The first-order valence-electron chi connectivity index (χ1n) is 7.87. The average Bonchev–Trinajstić information content (AvgIpc) is 2.47. The molecule has 3 heteroatoms. The molecular formula is C17H24N2O. The van der Waals surface area contributed by atoms with Crippen molar-refractivity contribution in [2.24, 2.45) is 5.92 Å². The third-order valence-corrected chi connectivity index (χ3v) is 4.78. The summed E-state index contributed by atoms with van der Waals surface area (Å²) < 4.78 is 0. The number of benzene rings is 1. The van der Waals surface area contributed by atoms with Crippen molar-refractivity contribution in [3.8, 4) is 0 Å². The highest BCUT2D eigenvalue weighted by atomic mass is 16.2. The van der Waals surface area contributed by atoms with Crippen LogP contribution < -0.4 is 5.73 Å². The number of hydrogen-bond acceptors (Lipinski definition) is 2. The molecule has 20 heavy (non-hydrogen) atoms. The summed E-state index contributed by atoms with van der Waals surface area (Å²) >= 11 is 0. The maximum absolute atomic E-state index is 12.5. The topological polar surface area (TPSA) is 46.3 Å². The Bertz CT molecular complexity index is 492. The van der Waals surface area contributed by atoms with Crippen LogP contribution in [0.3, 0.4) is 0 Å². The molecule has 0 bridgehead atoms. The highest BCUT2D eigenvalue weighted by Gasteiger charge is 2.24. The summed E-state index contributed by atoms with van der Waals surface area (Å²) in [6.07, 6.45) is 8.14. The minimum absolute atomic E-state index is 0.338. The van der Waals surface area contributed by atoms with Crippen LogP contribution in [-0.4, -0.2) is 17.4 Å². The highest BCUT2D eigenvalue weighted by molar-refractivity contribution is 5.77. The van der Waals surface area contributed by atoms with Crippen LogP contribution in [0.15, 0.2) is 18.2 Å². The van der Waals surface area contributed by atoms with Gasteiger partial charge in [0.25, 0.3) is 0 Å². The quantitative estimate of drug-likeness (QED) is 0.841. The number of nitrogen functional groups attached to an aromatic ring is 1. The van der Waals surface area contributed by atoms with E-state index in [1.165, 1.54) is 43.2 Å². The van der Waals surface area contributed by atoms with Gasteiger partial charge >= 0.3 is 0 Å². The maximum Gasteiger partial charge on any atom is 0.223 e. The van der Waals surface area contributed by atoms with E-state index in [1.54, 1.807) is 0 Å². The number of fused-ring (bicyclic) bond motifs is 1. The number of carbonyl (C=O) groups is 1. The number of rotatable bonds is 2. The molecule has 1 amide bonds. The SMILES string of the molecule is Nc1ccc2c(c1)CN(C(=O)CC1CCCCC1)CC2. The van der Waals surface area contributed by atoms with Gasteiger partial charge in [0.15, 0.2) is 0 Å². The zero-order valence-electron chi connectivity index (χ0n) is 12.1. The van der Waals surface area contributed by atoms with Crippen LogP contribution in [0.5, 0.6) is 0 Å². The molecule has 108 valence electrons. The molecule has 1 aromatic carbocycles. The van der Waals surface area contributed by atoms with Crippen molar-refractivity contribution in [2.75, 3.05) is 12.3 Å². The van der Waals surface area contributed by atoms with Gasteiger partial charge in [-0.3, -0.25) is 4.79 Å². The molecule has 1 fully saturated rings. The molecule has 1 aliphatic heterocycles. The number of anilines is 1. The molecule has 0 unspecified atom stereocenters. The summed E-state index contributed by atoms with van der Waals surface area (Å²) in [7, 11) is 0. The van der Waals surface area contributed by atoms with Crippen LogP contribution in [0, 0.1) is 5.92 Å². The van der Waals surface area contributed by atoms with Crippen molar-refractivity contribution in [1.82, 2.24) is 4.90 Å². The zero-order chi connectivity index (χ0) is 13.9. The van der Waals surface area contributed by atoms with E-state index >= 15 is 0 Å². The van der Waals surface area contributed by atoms with Crippen LogP contribution >= 0.6 is 0 Å². The molecule has 3 rings (SSSR count). The van der Waals surface area contributed by atoms with Crippen LogP contribution in [0.25, 0.3) is 0 Å². The van der Waals surface area contributed by atoms with E-state index in [-0.39, 0.29) is 0 Å². The fourth-order valence-corrected chi connectivity index (χ4v) is 3.56. The molecule has 2 N–H and O–H groups in total. The molecule has 0 radical (unpaired) electrons. The van der Waals surface area contributed by atoms with Crippen molar-refractivity contribution < 1.29 is 4.79 Å². The minimum atomic E-state index is 0.338. The first-order chi connectivity index (χ1) is 9.72. The summed E-state index contributed by atoms with van der Waals surface area (Å²) in [5.74, 6) is 0.962. The van der Waals surface area contributed by atoms with Gasteiger partial charge in [-0.2, -0.15) is 0 Å². The first-order valence-corrected chi connectivity index (χ1v) is 7.87. The van der Waals surface area contributed by atoms with Gasteiger partial charge in [-0.25, -0.2) is 0 Å². The van der Waals surface area contributed by atoms with Crippen LogP contribution in [0.1, 0.15) is 49.7 Å². The van der Waals surface area contributed by atoms with E-state index in [0.29, 0.717) is 11.8 Å². The second-order valence-electron chi connectivity index (χ2n) is 6.30. The summed E-state index contributed by atoms with van der Waals surface area (Å²) in [6, 6.07) is 6.08. The fourth-order valence-electron chi connectivity index (χ4n) is 3.56. The Morgan fingerprint density at radius 1 is 1.20 bits per heavy atom. The molecule has 1 aliphatic carbocycles. The molecule has 0 aromatic heterocycles. The van der Waals surface area contributed by atoms with Gasteiger partial charge in [-0.15, -0.1) is 0 Å². The van der Waals surface area contributed by atoms with Gasteiger partial charge in [-0.05, 0) is 48.4 Å². The smallest absolute Gasteiger partial charge is 0.223 e. The van der Waals surface area contributed by atoms with Gasteiger partial charge in [-0.1, -0.05) is 25.3 Å². The molecular weight excluding hydrogens is 248 g/mol. The third-order valence-electron chi connectivity index (χ3n) is 4.78. The van der Waals surface area contributed by atoms with E-state index in [2.05, 4.69) is 6.07 Å². The van der Waals surface area contributed by atoms with Gasteiger partial charge in [0.2, 0.25) is 5.91 Å². The summed E-state index contributed by atoms with van der Waals surface area (Å²) in [4.78, 5) is 14.5. The Morgan fingerprint density at radius 2 is 2.00 bits per heavy atom. The minimum Gasteiger partial charge on any atom is -0.399 e. The summed E-state index contributed by atoms with van der Waals surface area (Å²) in [6.45, 7) is 1.61. The predicted octanol–water partition coefficient (Wildman–Crippen LogP) is 3.12. The van der Waals surface area contributed by atoms with Gasteiger partial charge < -0.3 is 10.6 Å². The predicted molar refractivity (Wildman–Crippen MR) is 81.2 cm³/mol. The Labute approximate surface area is 121 Å². The number of amides is 1. The number of nitrogens with zero attached hydrogens (tertiary/aromatic N) is 1. The van der Waals surface area contributed by atoms with E-state index in [4.69, 9.17) is 5.73 Å². The van der Waals surface area contributed by atoms with Crippen molar-refractivity contribution >= 4 is 11.6 Å². The Balaban J connectivity index is 1.62. The lowest BCUT2D eigenvalue weighted by Gasteiger charge is -2.31. The Morgan fingerprint density at radius 3 is 2.80 bits per heavy atom. The molecule has 1 saturated carbocycles. The maximum atomic E-state index is 12.5. The van der Waals surface area contributed by atoms with E-state index in [1.807, 2.05) is 17.0 Å². The van der Waals surface area contributed by atoms with Crippen LogP contribution in [-0.2, 0) is 17.8 Å². The Hall–Kier alpha value is -1.51. The molecule has 3 nitrogen and oxygen atoms in total. The molecule has 1 heterocycles. The number of hydrogen-bond donors (Lipinski definition) is 1. The zero-order valence-corrected chi connectivity index (χ0v) is 12.1. The summed E-state index contributed by atoms with van der Waals surface area (Å²) in [5, 5.41) is 0. The average molecular weight is 272 g/mol. The fraction of sp³-hybridized carbons (Fsp3) is 0.588. The highest BCUT2D eigenvalue weighted by Crippen LogP contribution is 2.28. The van der Waals surface area contributed by atoms with E-state index in [9.17, 15) is 4.79 Å². The molecule has 2 aliphatic rings. The number of nitrogens with two attached hydrogens (primary N) is 1. The molecule has 1 aromatic rings. The summed E-state index contributed by atoms with van der Waals surface area (Å²) in [5.41, 5.74) is 9.22. The van der Waals surface area contributed by atoms with Crippen molar-refractivity contribution in [2.45, 2.75) is 51.5 Å². The second kappa shape index (κ2) is 5.86. The normalized spacial score (nSPS) is 19.7. The lowest BCUT2D eigenvalue weighted by Crippen LogP contribution is -2.37. The van der Waals surface area contributed by atoms with E-state index < -0.39 is 0 Å². The lowest BCUT2D eigenvalue weighted by atomic mass is 9.86. The third kappa shape index (κ3) is 2.97. The number of carbonyl (C=O) groups excluding carboxylic acids is 1. The first kappa shape index (κ1) is 13.5. The molecule has 0 spiro atoms. The van der Waals surface area contributed by atoms with Gasteiger partial charge in [0.05, 0.1) is 0 Å². The van der Waals surface area contributed by atoms with Crippen LogP contribution in [0.4, 0.5) is 5.69 Å².